The van der Waals surface area contributed by atoms with Crippen LogP contribution >= 0.6 is 11.6 Å². The monoisotopic (exact) mass is 455 g/mol. The van der Waals surface area contributed by atoms with Crippen molar-refractivity contribution in [3.8, 4) is 5.75 Å². The third-order valence-electron chi connectivity index (χ3n) is 6.54. The van der Waals surface area contributed by atoms with Crippen LogP contribution in [0.25, 0.3) is 0 Å². The van der Waals surface area contributed by atoms with Crippen LogP contribution < -0.4 is 10.1 Å². The highest BCUT2D eigenvalue weighted by Crippen LogP contribution is 2.32. The van der Waals surface area contributed by atoms with E-state index in [0.717, 1.165) is 24.3 Å². The van der Waals surface area contributed by atoms with Crippen LogP contribution in [0, 0.1) is 5.92 Å². The average Bonchev–Trinajstić information content (AvgIpc) is 3.33. The number of nitrogens with one attached hydrogen (secondary N) is 1. The van der Waals surface area contributed by atoms with Gasteiger partial charge < -0.3 is 15.0 Å². The van der Waals surface area contributed by atoms with Gasteiger partial charge in [-0.1, -0.05) is 30.5 Å². The lowest BCUT2D eigenvalue weighted by Gasteiger charge is -2.40. The number of anilines is 1. The van der Waals surface area contributed by atoms with Crippen molar-refractivity contribution in [2.75, 3.05) is 38.6 Å². The number of benzene rings is 2. The molecule has 2 aromatic rings. The van der Waals surface area contributed by atoms with Crippen LogP contribution in [-0.2, 0) is 4.79 Å². The lowest BCUT2D eigenvalue weighted by molar-refractivity contribution is -0.123. The summed E-state index contributed by atoms with van der Waals surface area (Å²) in [6, 6.07) is 14.3. The van der Waals surface area contributed by atoms with E-state index < -0.39 is 0 Å². The maximum atomic E-state index is 13.3. The standard InChI is InChI=1S/C25H30ClN3O3/c1-32-22-11-9-19(10-12-22)25(31)29-15-13-28(14-16-29)23(18-5-2-3-6-18)24(30)27-21-8-4-7-20(26)17-21/h4,7-12,17-18,23H,2-3,5-6,13-16H2,1H3,(H,27,30). The molecule has 32 heavy (non-hydrogen) atoms. The SMILES string of the molecule is COc1ccc(C(=O)N2CCN(C(C(=O)Nc3cccc(Cl)c3)C3CCCC3)CC2)cc1. The highest BCUT2D eigenvalue weighted by Gasteiger charge is 2.37. The molecule has 1 atom stereocenters. The molecule has 1 aliphatic heterocycles. The Kier molecular flexibility index (Phi) is 7.33. The van der Waals surface area contributed by atoms with E-state index in [1.54, 1.807) is 43.5 Å². The second-order valence-corrected chi connectivity index (χ2v) is 8.98. The van der Waals surface area contributed by atoms with E-state index in [0.29, 0.717) is 42.7 Å². The zero-order chi connectivity index (χ0) is 22.5. The lowest BCUT2D eigenvalue weighted by atomic mass is 9.94. The number of ether oxygens (including phenoxy) is 1. The topological polar surface area (TPSA) is 61.9 Å². The fourth-order valence-corrected chi connectivity index (χ4v) is 5.04. The summed E-state index contributed by atoms with van der Waals surface area (Å²) in [5.74, 6) is 1.12. The molecule has 7 heteroatoms. The first-order valence-corrected chi connectivity index (χ1v) is 11.7. The van der Waals surface area contributed by atoms with Gasteiger partial charge in [-0.05, 0) is 61.2 Å². The van der Waals surface area contributed by atoms with Crippen molar-refractivity contribution in [2.45, 2.75) is 31.7 Å². The van der Waals surface area contributed by atoms with Gasteiger partial charge >= 0.3 is 0 Å². The van der Waals surface area contributed by atoms with E-state index in [2.05, 4.69) is 10.2 Å². The maximum absolute atomic E-state index is 13.3. The maximum Gasteiger partial charge on any atom is 0.253 e. The van der Waals surface area contributed by atoms with Gasteiger partial charge in [0.1, 0.15) is 5.75 Å². The number of carbonyl (C=O) groups excluding carboxylic acids is 2. The molecule has 170 valence electrons. The number of halogens is 1. The van der Waals surface area contributed by atoms with Gasteiger partial charge in [-0.15, -0.1) is 0 Å². The number of piperazine rings is 1. The highest BCUT2D eigenvalue weighted by atomic mass is 35.5. The Morgan fingerprint density at radius 2 is 1.72 bits per heavy atom. The molecule has 4 rings (SSSR count). The third kappa shape index (κ3) is 5.25. The van der Waals surface area contributed by atoms with Crippen molar-refractivity contribution in [1.82, 2.24) is 9.80 Å². The molecular weight excluding hydrogens is 426 g/mol. The van der Waals surface area contributed by atoms with Crippen LogP contribution in [0.5, 0.6) is 5.75 Å². The summed E-state index contributed by atoms with van der Waals surface area (Å²) in [5.41, 5.74) is 1.38. The number of hydrogen-bond acceptors (Lipinski definition) is 4. The molecule has 2 fully saturated rings. The molecule has 6 nitrogen and oxygen atoms in total. The largest absolute Gasteiger partial charge is 0.497 e. The minimum atomic E-state index is -0.185. The quantitative estimate of drug-likeness (QED) is 0.705. The Balaban J connectivity index is 1.41. The highest BCUT2D eigenvalue weighted by molar-refractivity contribution is 6.30. The summed E-state index contributed by atoms with van der Waals surface area (Å²) in [7, 11) is 1.61. The average molecular weight is 456 g/mol. The van der Waals surface area contributed by atoms with Gasteiger partial charge in [-0.25, -0.2) is 0 Å². The van der Waals surface area contributed by atoms with Gasteiger partial charge in [-0.2, -0.15) is 0 Å². The first-order valence-electron chi connectivity index (χ1n) is 11.3. The molecule has 1 aliphatic carbocycles. The predicted octanol–water partition coefficient (Wildman–Crippen LogP) is 4.30. The van der Waals surface area contributed by atoms with Crippen molar-refractivity contribution < 1.29 is 14.3 Å². The van der Waals surface area contributed by atoms with Gasteiger partial charge in [0.2, 0.25) is 5.91 Å². The number of hydrogen-bond donors (Lipinski definition) is 1. The fraction of sp³-hybridized carbons (Fsp3) is 0.440. The number of carbonyl (C=O) groups is 2. The van der Waals surface area contributed by atoms with E-state index in [1.165, 1.54) is 12.8 Å². The smallest absolute Gasteiger partial charge is 0.253 e. The minimum absolute atomic E-state index is 0.0214. The third-order valence-corrected chi connectivity index (χ3v) is 6.77. The molecule has 2 aliphatic rings. The first kappa shape index (κ1) is 22.6. The summed E-state index contributed by atoms with van der Waals surface area (Å²) in [6.07, 6.45) is 4.47. The molecule has 1 saturated heterocycles. The van der Waals surface area contributed by atoms with E-state index >= 15 is 0 Å². The molecule has 1 saturated carbocycles. The molecule has 0 bridgehead atoms. The number of methoxy groups -OCH3 is 1. The predicted molar refractivity (Wildman–Crippen MR) is 126 cm³/mol. The van der Waals surface area contributed by atoms with Crippen LogP contribution in [0.2, 0.25) is 5.02 Å². The molecule has 2 aromatic carbocycles. The Bertz CT molecular complexity index is 936. The molecule has 0 aromatic heterocycles. The summed E-state index contributed by atoms with van der Waals surface area (Å²) in [4.78, 5) is 30.4. The van der Waals surface area contributed by atoms with Crippen LogP contribution in [0.4, 0.5) is 5.69 Å². The molecule has 1 N–H and O–H groups in total. The van der Waals surface area contributed by atoms with Gasteiger partial charge in [0, 0.05) is 42.5 Å². The van der Waals surface area contributed by atoms with Crippen LogP contribution in [0.3, 0.4) is 0 Å². The molecule has 0 spiro atoms. The van der Waals surface area contributed by atoms with Gasteiger partial charge in [0.15, 0.2) is 0 Å². The van der Waals surface area contributed by atoms with Crippen molar-refractivity contribution in [3.63, 3.8) is 0 Å². The number of rotatable bonds is 6. The van der Waals surface area contributed by atoms with Crippen molar-refractivity contribution in [2.24, 2.45) is 5.92 Å². The number of amides is 2. The van der Waals surface area contributed by atoms with Crippen molar-refractivity contribution in [3.05, 3.63) is 59.1 Å². The van der Waals surface area contributed by atoms with Crippen LogP contribution in [0.15, 0.2) is 48.5 Å². The number of nitrogens with zero attached hydrogens (tertiary/aromatic N) is 2. The van der Waals surface area contributed by atoms with E-state index in [9.17, 15) is 9.59 Å². The normalized spacial score (nSPS) is 18.4. The second kappa shape index (κ2) is 10.4. The molecule has 0 radical (unpaired) electrons. The Morgan fingerprint density at radius 1 is 1.03 bits per heavy atom. The van der Waals surface area contributed by atoms with Crippen molar-refractivity contribution >= 4 is 29.1 Å². The van der Waals surface area contributed by atoms with Crippen LogP contribution in [-0.4, -0.2) is 60.9 Å². The Labute approximate surface area is 194 Å². The molecule has 1 heterocycles. The molecule has 2 amide bonds. The summed E-state index contributed by atoms with van der Waals surface area (Å²) >= 11 is 6.09. The summed E-state index contributed by atoms with van der Waals surface area (Å²) in [5, 5.41) is 3.67. The van der Waals surface area contributed by atoms with E-state index in [1.807, 2.05) is 17.0 Å². The van der Waals surface area contributed by atoms with Gasteiger partial charge in [0.25, 0.3) is 5.91 Å². The lowest BCUT2D eigenvalue weighted by Crippen LogP contribution is -2.56. The van der Waals surface area contributed by atoms with Gasteiger partial charge in [0.05, 0.1) is 13.2 Å². The molecule has 1 unspecified atom stereocenters. The zero-order valence-corrected chi connectivity index (χ0v) is 19.2. The zero-order valence-electron chi connectivity index (χ0n) is 18.4. The van der Waals surface area contributed by atoms with E-state index in [4.69, 9.17) is 16.3 Å². The van der Waals surface area contributed by atoms with Crippen LogP contribution in [0.1, 0.15) is 36.0 Å². The van der Waals surface area contributed by atoms with E-state index in [-0.39, 0.29) is 17.9 Å². The molecular formula is C25H30ClN3O3. The summed E-state index contributed by atoms with van der Waals surface area (Å²) < 4.78 is 5.18. The minimum Gasteiger partial charge on any atom is -0.497 e. The van der Waals surface area contributed by atoms with Crippen molar-refractivity contribution in [1.29, 1.82) is 0 Å². The Hall–Kier alpha value is -2.57. The Morgan fingerprint density at radius 3 is 2.34 bits per heavy atom. The second-order valence-electron chi connectivity index (χ2n) is 8.55. The fourth-order valence-electron chi connectivity index (χ4n) is 4.85. The first-order chi connectivity index (χ1) is 15.5. The van der Waals surface area contributed by atoms with Gasteiger partial charge in [-0.3, -0.25) is 14.5 Å². The summed E-state index contributed by atoms with van der Waals surface area (Å²) in [6.45, 7) is 2.59.